The van der Waals surface area contributed by atoms with Gasteiger partial charge in [-0.1, -0.05) is 0 Å². The third-order valence-corrected chi connectivity index (χ3v) is 3.20. The molecule has 0 aliphatic carbocycles. The predicted octanol–water partition coefficient (Wildman–Crippen LogP) is 1.54. The number of carbonyl (C=O) groups excluding carboxylic acids is 2. The molecule has 1 fully saturated rings. The van der Waals surface area contributed by atoms with Gasteiger partial charge < -0.3 is 9.53 Å². The molecule has 0 saturated carbocycles. The van der Waals surface area contributed by atoms with Crippen LogP contribution in [0.1, 0.15) is 20.8 Å². The van der Waals surface area contributed by atoms with E-state index in [1.807, 2.05) is 20.8 Å². The molecular weight excluding hydrogens is 214 g/mol. The maximum Gasteiger partial charge on any atom is 0.410 e. The molecule has 4 nitrogen and oxygen atoms in total. The van der Waals surface area contributed by atoms with Gasteiger partial charge >= 0.3 is 6.09 Å². The normalized spacial score (nSPS) is 16.7. The summed E-state index contributed by atoms with van der Waals surface area (Å²) in [5.41, 5.74) is -0.505. The lowest BCUT2D eigenvalue weighted by Crippen LogP contribution is -2.50. The Morgan fingerprint density at radius 1 is 1.53 bits per heavy atom. The third-order valence-electron chi connectivity index (χ3n) is 1.96. The summed E-state index contributed by atoms with van der Waals surface area (Å²) in [7, 11) is 0. The highest BCUT2D eigenvalue weighted by Gasteiger charge is 2.31. The fraction of sp³-hybridized carbons (Fsp3) is 0.800. The maximum atomic E-state index is 11.7. The van der Waals surface area contributed by atoms with Crippen molar-refractivity contribution in [2.45, 2.75) is 32.4 Å². The van der Waals surface area contributed by atoms with Crippen molar-refractivity contribution in [3.63, 3.8) is 0 Å². The first-order valence-corrected chi connectivity index (χ1v) is 6.10. The number of amides is 1. The summed E-state index contributed by atoms with van der Waals surface area (Å²) in [5, 5.41) is 0. The van der Waals surface area contributed by atoms with E-state index < -0.39 is 5.60 Å². The van der Waals surface area contributed by atoms with Crippen molar-refractivity contribution in [2.24, 2.45) is 0 Å². The Labute approximate surface area is 94.3 Å². The molecule has 1 amide bonds. The van der Waals surface area contributed by atoms with E-state index in [0.29, 0.717) is 0 Å². The van der Waals surface area contributed by atoms with Gasteiger partial charge in [-0.2, -0.15) is 11.8 Å². The van der Waals surface area contributed by atoms with Gasteiger partial charge in [0.25, 0.3) is 0 Å². The number of hydrogen-bond acceptors (Lipinski definition) is 4. The Morgan fingerprint density at radius 3 is 2.47 bits per heavy atom. The molecule has 86 valence electrons. The minimum absolute atomic E-state index is 0.125. The van der Waals surface area contributed by atoms with Gasteiger partial charge in [-0.25, -0.2) is 4.79 Å². The predicted molar refractivity (Wildman–Crippen MR) is 60.1 cm³/mol. The highest BCUT2D eigenvalue weighted by molar-refractivity contribution is 8.00. The van der Waals surface area contributed by atoms with E-state index in [9.17, 15) is 9.59 Å². The number of ether oxygens (including phenoxy) is 1. The van der Waals surface area contributed by atoms with Crippen molar-refractivity contribution in [1.29, 1.82) is 0 Å². The Kier molecular flexibility index (Phi) is 4.02. The van der Waals surface area contributed by atoms with Crippen LogP contribution in [0.3, 0.4) is 0 Å². The first-order chi connectivity index (χ1) is 6.94. The molecule has 0 N–H and O–H groups in total. The van der Waals surface area contributed by atoms with Gasteiger partial charge in [-0.05, 0) is 20.8 Å². The molecule has 0 aromatic rings. The van der Waals surface area contributed by atoms with Crippen molar-refractivity contribution < 1.29 is 14.3 Å². The topological polar surface area (TPSA) is 46.6 Å². The summed E-state index contributed by atoms with van der Waals surface area (Å²) in [6, 6.07) is 0.162. The van der Waals surface area contributed by atoms with Crippen LogP contribution in [0.15, 0.2) is 0 Å². The highest BCUT2D eigenvalue weighted by Crippen LogP contribution is 2.24. The van der Waals surface area contributed by atoms with Crippen LogP contribution in [0.4, 0.5) is 4.79 Å². The lowest BCUT2D eigenvalue weighted by atomic mass is 10.2. The number of aldehydes is 1. The zero-order chi connectivity index (χ0) is 11.5. The van der Waals surface area contributed by atoms with Gasteiger partial charge in [0, 0.05) is 11.5 Å². The van der Waals surface area contributed by atoms with Crippen LogP contribution < -0.4 is 0 Å². The molecule has 1 saturated heterocycles. The van der Waals surface area contributed by atoms with E-state index in [2.05, 4.69) is 0 Å². The number of carbonyl (C=O) groups is 2. The molecule has 1 aliphatic rings. The van der Waals surface area contributed by atoms with E-state index in [-0.39, 0.29) is 18.7 Å². The molecule has 0 bridgehead atoms. The first-order valence-electron chi connectivity index (χ1n) is 4.95. The summed E-state index contributed by atoms with van der Waals surface area (Å²) < 4.78 is 5.23. The minimum Gasteiger partial charge on any atom is -0.444 e. The molecule has 0 unspecified atom stereocenters. The van der Waals surface area contributed by atoms with Gasteiger partial charge in [0.05, 0.1) is 12.6 Å². The van der Waals surface area contributed by atoms with Crippen LogP contribution in [0.2, 0.25) is 0 Å². The third kappa shape index (κ3) is 3.74. The van der Waals surface area contributed by atoms with Crippen LogP contribution in [0.5, 0.6) is 0 Å². The van der Waals surface area contributed by atoms with E-state index in [4.69, 9.17) is 4.74 Å². The summed E-state index contributed by atoms with van der Waals surface area (Å²) in [6.45, 7) is 5.58. The Morgan fingerprint density at radius 2 is 2.13 bits per heavy atom. The van der Waals surface area contributed by atoms with Gasteiger partial charge in [-0.15, -0.1) is 0 Å². The summed E-state index contributed by atoms with van der Waals surface area (Å²) in [4.78, 5) is 23.7. The Balaban J connectivity index is 2.54. The van der Waals surface area contributed by atoms with E-state index in [1.165, 1.54) is 4.90 Å². The first kappa shape index (κ1) is 12.4. The summed E-state index contributed by atoms with van der Waals surface area (Å²) >= 11 is 1.77. The zero-order valence-corrected chi connectivity index (χ0v) is 10.2. The van der Waals surface area contributed by atoms with Crippen molar-refractivity contribution in [2.75, 3.05) is 18.1 Å². The lowest BCUT2D eigenvalue weighted by molar-refractivity contribution is -0.109. The molecule has 1 rings (SSSR count). The molecule has 0 aromatic heterocycles. The second-order valence-electron chi connectivity index (χ2n) is 4.49. The standard InChI is InChI=1S/C10H17NO3S/c1-10(2,3)14-9(13)11(4-5-12)8-6-15-7-8/h5,8H,4,6-7H2,1-3H3. The van der Waals surface area contributed by atoms with Crippen LogP contribution >= 0.6 is 11.8 Å². The molecule has 5 heteroatoms. The van der Waals surface area contributed by atoms with Crippen molar-refractivity contribution in [1.82, 2.24) is 4.90 Å². The van der Waals surface area contributed by atoms with E-state index in [0.717, 1.165) is 17.8 Å². The van der Waals surface area contributed by atoms with Crippen molar-refractivity contribution >= 4 is 24.1 Å². The van der Waals surface area contributed by atoms with Crippen LogP contribution in [0, 0.1) is 0 Å². The molecule has 0 atom stereocenters. The number of rotatable bonds is 3. The molecule has 0 spiro atoms. The quantitative estimate of drug-likeness (QED) is 0.691. The van der Waals surface area contributed by atoms with Crippen LogP contribution in [-0.4, -0.2) is 47.0 Å². The van der Waals surface area contributed by atoms with Crippen LogP contribution in [0.25, 0.3) is 0 Å². The average molecular weight is 231 g/mol. The number of nitrogens with zero attached hydrogens (tertiary/aromatic N) is 1. The second kappa shape index (κ2) is 4.88. The average Bonchev–Trinajstić information content (AvgIpc) is 1.96. The molecule has 0 aromatic carbocycles. The second-order valence-corrected chi connectivity index (χ2v) is 5.57. The summed E-state index contributed by atoms with van der Waals surface area (Å²) in [5.74, 6) is 1.79. The van der Waals surface area contributed by atoms with Crippen molar-refractivity contribution in [3.05, 3.63) is 0 Å². The fourth-order valence-corrected chi connectivity index (χ4v) is 1.98. The fourth-order valence-electron chi connectivity index (χ4n) is 1.18. The molecule has 0 radical (unpaired) electrons. The van der Waals surface area contributed by atoms with E-state index in [1.54, 1.807) is 11.8 Å². The number of thioether (sulfide) groups is 1. The number of hydrogen-bond donors (Lipinski definition) is 0. The largest absolute Gasteiger partial charge is 0.444 e. The Hall–Kier alpha value is -0.710. The molecule has 1 heterocycles. The SMILES string of the molecule is CC(C)(C)OC(=O)N(CC=O)C1CSC1. The monoisotopic (exact) mass is 231 g/mol. The zero-order valence-electron chi connectivity index (χ0n) is 9.36. The van der Waals surface area contributed by atoms with E-state index >= 15 is 0 Å². The molecular formula is C10H17NO3S. The minimum atomic E-state index is -0.505. The molecule has 1 aliphatic heterocycles. The maximum absolute atomic E-state index is 11.7. The lowest BCUT2D eigenvalue weighted by Gasteiger charge is -2.36. The van der Waals surface area contributed by atoms with Gasteiger partial charge in [0.2, 0.25) is 0 Å². The Bertz CT molecular complexity index is 246. The smallest absolute Gasteiger partial charge is 0.410 e. The van der Waals surface area contributed by atoms with Gasteiger partial charge in [-0.3, -0.25) is 4.90 Å². The van der Waals surface area contributed by atoms with Gasteiger partial charge in [0.15, 0.2) is 0 Å². The van der Waals surface area contributed by atoms with Gasteiger partial charge in [0.1, 0.15) is 11.9 Å². The van der Waals surface area contributed by atoms with Crippen LogP contribution in [-0.2, 0) is 9.53 Å². The molecule has 15 heavy (non-hydrogen) atoms. The summed E-state index contributed by atoms with van der Waals surface area (Å²) in [6.07, 6.45) is 0.354. The highest BCUT2D eigenvalue weighted by atomic mass is 32.2. The van der Waals surface area contributed by atoms with Crippen molar-refractivity contribution in [3.8, 4) is 0 Å².